The third kappa shape index (κ3) is 5.03. The summed E-state index contributed by atoms with van der Waals surface area (Å²) in [6, 6.07) is 17.3. The van der Waals surface area contributed by atoms with Gasteiger partial charge in [0.25, 0.3) is 0 Å². The summed E-state index contributed by atoms with van der Waals surface area (Å²) < 4.78 is 0. The van der Waals surface area contributed by atoms with Gasteiger partial charge < -0.3 is 5.32 Å². The van der Waals surface area contributed by atoms with Gasteiger partial charge in [0, 0.05) is 42.8 Å². The minimum atomic E-state index is -0.0136. The second kappa shape index (κ2) is 10.0. The number of Topliss-reactive ketones (excluding diaryl/α,β-unsaturated/α-hetero) is 1. The van der Waals surface area contributed by atoms with Crippen LogP contribution in [-0.4, -0.2) is 65.7 Å². The third-order valence-electron chi connectivity index (χ3n) is 6.13. The zero-order valence-corrected chi connectivity index (χ0v) is 18.8. The summed E-state index contributed by atoms with van der Waals surface area (Å²) >= 11 is 0. The fraction of sp³-hybridized carbons (Fsp3) is 0.346. The topological polar surface area (TPSA) is 65.5 Å². The highest BCUT2D eigenvalue weighted by Crippen LogP contribution is 2.28. The van der Waals surface area contributed by atoms with Crippen molar-refractivity contribution >= 4 is 28.3 Å². The zero-order chi connectivity index (χ0) is 22.5. The molecule has 0 atom stereocenters. The molecule has 4 rings (SSSR count). The second-order valence-corrected chi connectivity index (χ2v) is 8.32. The second-order valence-electron chi connectivity index (χ2n) is 8.32. The van der Waals surface area contributed by atoms with Crippen LogP contribution in [0.3, 0.4) is 0 Å². The summed E-state index contributed by atoms with van der Waals surface area (Å²) in [5.74, 6) is 0.129. The molecular formula is C26H30N4O2. The average molecular weight is 431 g/mol. The van der Waals surface area contributed by atoms with E-state index in [4.69, 9.17) is 4.98 Å². The number of aryl methyl sites for hydroxylation is 1. The van der Waals surface area contributed by atoms with Crippen LogP contribution in [0.4, 0.5) is 5.69 Å². The van der Waals surface area contributed by atoms with E-state index in [1.807, 2.05) is 61.5 Å². The molecule has 1 fully saturated rings. The van der Waals surface area contributed by atoms with Gasteiger partial charge in [-0.05, 0) is 25.0 Å². The Balaban J connectivity index is 1.34. The molecule has 0 spiro atoms. The number of rotatable bonds is 7. The number of ketones is 1. The molecule has 1 N–H and O–H groups in total. The van der Waals surface area contributed by atoms with E-state index in [-0.39, 0.29) is 11.7 Å². The first-order valence-corrected chi connectivity index (χ1v) is 11.3. The van der Waals surface area contributed by atoms with E-state index in [1.54, 1.807) is 0 Å². The molecule has 1 saturated heterocycles. The first-order chi connectivity index (χ1) is 15.5. The van der Waals surface area contributed by atoms with Gasteiger partial charge in [0.2, 0.25) is 5.91 Å². The molecule has 2 aromatic carbocycles. The van der Waals surface area contributed by atoms with Crippen molar-refractivity contribution in [1.29, 1.82) is 0 Å². The number of fused-ring (bicyclic) bond motifs is 1. The lowest BCUT2D eigenvalue weighted by Gasteiger charge is -2.33. The van der Waals surface area contributed by atoms with Crippen LogP contribution in [0.15, 0.2) is 54.6 Å². The molecule has 1 aliphatic heterocycles. The smallest absolute Gasteiger partial charge is 0.238 e. The molecule has 1 aliphatic rings. The van der Waals surface area contributed by atoms with E-state index in [9.17, 15) is 9.59 Å². The Labute approximate surface area is 189 Å². The van der Waals surface area contributed by atoms with Crippen molar-refractivity contribution < 1.29 is 9.59 Å². The van der Waals surface area contributed by atoms with Crippen LogP contribution in [0.25, 0.3) is 10.9 Å². The van der Waals surface area contributed by atoms with E-state index < -0.39 is 0 Å². The van der Waals surface area contributed by atoms with Crippen molar-refractivity contribution in [3.05, 3.63) is 71.4 Å². The van der Waals surface area contributed by atoms with Gasteiger partial charge in [-0.15, -0.1) is 0 Å². The van der Waals surface area contributed by atoms with E-state index in [0.29, 0.717) is 13.1 Å². The Kier molecular flexibility index (Phi) is 6.93. The van der Waals surface area contributed by atoms with Crippen LogP contribution in [0.2, 0.25) is 0 Å². The van der Waals surface area contributed by atoms with E-state index in [0.717, 1.165) is 66.0 Å². The number of pyridine rings is 1. The van der Waals surface area contributed by atoms with Crippen molar-refractivity contribution in [1.82, 2.24) is 14.8 Å². The zero-order valence-electron chi connectivity index (χ0n) is 18.8. The van der Waals surface area contributed by atoms with Crippen molar-refractivity contribution in [2.75, 3.05) is 44.6 Å². The molecule has 0 radical (unpaired) electrons. The molecule has 6 heteroatoms. The Morgan fingerprint density at radius 1 is 0.906 bits per heavy atom. The number of nitrogens with one attached hydrogen (secondary N) is 1. The summed E-state index contributed by atoms with van der Waals surface area (Å²) in [7, 11) is 0. The van der Waals surface area contributed by atoms with Gasteiger partial charge in [0.15, 0.2) is 5.78 Å². The van der Waals surface area contributed by atoms with Gasteiger partial charge in [-0.2, -0.15) is 0 Å². The van der Waals surface area contributed by atoms with E-state index in [1.165, 1.54) is 0 Å². The summed E-state index contributed by atoms with van der Waals surface area (Å²) in [6.45, 7) is 7.97. The van der Waals surface area contributed by atoms with Crippen LogP contribution >= 0.6 is 0 Å². The van der Waals surface area contributed by atoms with Gasteiger partial charge >= 0.3 is 0 Å². The number of aromatic nitrogens is 1. The molecule has 3 aromatic rings. The standard InChI is InChI=1S/C26H30N4O2/c1-3-22-19(2)26(21-11-7-8-12-23(21)27-22)28-25(32)18-30-15-13-29(14-16-30)17-24(31)20-9-5-4-6-10-20/h4-12H,3,13-18H2,1-2H3,(H,27,28,32). The van der Waals surface area contributed by atoms with Crippen LogP contribution in [-0.2, 0) is 11.2 Å². The third-order valence-corrected chi connectivity index (χ3v) is 6.13. The van der Waals surface area contributed by atoms with Gasteiger partial charge in [-0.3, -0.25) is 24.4 Å². The quantitative estimate of drug-likeness (QED) is 0.581. The summed E-state index contributed by atoms with van der Waals surface area (Å²) in [5, 5.41) is 4.12. The van der Waals surface area contributed by atoms with E-state index in [2.05, 4.69) is 22.0 Å². The Morgan fingerprint density at radius 3 is 2.22 bits per heavy atom. The molecule has 2 heterocycles. The lowest BCUT2D eigenvalue weighted by atomic mass is 10.1. The normalized spacial score (nSPS) is 15.1. The SMILES string of the molecule is CCc1nc2ccccc2c(NC(=O)CN2CCN(CC(=O)c3ccccc3)CC2)c1C. The molecule has 1 aromatic heterocycles. The van der Waals surface area contributed by atoms with Crippen molar-refractivity contribution in [3.8, 4) is 0 Å². The first-order valence-electron chi connectivity index (χ1n) is 11.3. The van der Waals surface area contributed by atoms with Gasteiger partial charge in [-0.25, -0.2) is 0 Å². The maximum atomic E-state index is 12.9. The maximum absolute atomic E-state index is 12.9. The number of amides is 1. The molecular weight excluding hydrogens is 400 g/mol. The lowest BCUT2D eigenvalue weighted by Crippen LogP contribution is -2.49. The molecule has 0 unspecified atom stereocenters. The molecule has 6 nitrogen and oxygen atoms in total. The fourth-order valence-corrected chi connectivity index (χ4v) is 4.27. The molecule has 0 bridgehead atoms. The summed E-state index contributed by atoms with van der Waals surface area (Å²) in [5.41, 5.74) is 4.56. The molecule has 166 valence electrons. The molecule has 0 saturated carbocycles. The number of hydrogen-bond donors (Lipinski definition) is 1. The molecule has 32 heavy (non-hydrogen) atoms. The highest BCUT2D eigenvalue weighted by atomic mass is 16.2. The average Bonchev–Trinajstić information content (AvgIpc) is 2.82. The van der Waals surface area contributed by atoms with Crippen LogP contribution in [0, 0.1) is 6.92 Å². The highest BCUT2D eigenvalue weighted by molar-refractivity contribution is 6.03. The van der Waals surface area contributed by atoms with Crippen molar-refractivity contribution in [2.45, 2.75) is 20.3 Å². The van der Waals surface area contributed by atoms with Gasteiger partial charge in [0.05, 0.1) is 24.3 Å². The predicted molar refractivity (Wildman–Crippen MR) is 128 cm³/mol. The van der Waals surface area contributed by atoms with Crippen LogP contribution in [0.5, 0.6) is 0 Å². The largest absolute Gasteiger partial charge is 0.324 e. The summed E-state index contributed by atoms with van der Waals surface area (Å²) in [4.78, 5) is 34.4. The monoisotopic (exact) mass is 430 g/mol. The lowest BCUT2D eigenvalue weighted by molar-refractivity contribution is -0.117. The minimum Gasteiger partial charge on any atom is -0.324 e. The Hall–Kier alpha value is -3.09. The van der Waals surface area contributed by atoms with Crippen molar-refractivity contribution in [3.63, 3.8) is 0 Å². The molecule has 0 aliphatic carbocycles. The van der Waals surface area contributed by atoms with Gasteiger partial charge in [-0.1, -0.05) is 55.5 Å². The van der Waals surface area contributed by atoms with Crippen LogP contribution in [0.1, 0.15) is 28.5 Å². The number of benzene rings is 2. The number of carbonyl (C=O) groups is 2. The van der Waals surface area contributed by atoms with Gasteiger partial charge in [0.1, 0.15) is 0 Å². The number of hydrogen-bond acceptors (Lipinski definition) is 5. The predicted octanol–water partition coefficient (Wildman–Crippen LogP) is 3.54. The van der Waals surface area contributed by atoms with Crippen LogP contribution < -0.4 is 5.32 Å². The first kappa shape index (κ1) is 22.1. The number of nitrogens with zero attached hydrogens (tertiary/aromatic N) is 3. The van der Waals surface area contributed by atoms with E-state index >= 15 is 0 Å². The Bertz CT molecular complexity index is 1110. The number of piperazine rings is 1. The number of para-hydroxylation sites is 1. The van der Waals surface area contributed by atoms with Crippen molar-refractivity contribution in [2.24, 2.45) is 0 Å². The summed E-state index contributed by atoms with van der Waals surface area (Å²) in [6.07, 6.45) is 0.823. The fourth-order valence-electron chi connectivity index (χ4n) is 4.27. The number of carbonyl (C=O) groups excluding carboxylic acids is 2. The highest BCUT2D eigenvalue weighted by Gasteiger charge is 2.22. The minimum absolute atomic E-state index is 0.0136. The number of anilines is 1. The Morgan fingerprint density at radius 2 is 1.53 bits per heavy atom. The molecule has 1 amide bonds. The maximum Gasteiger partial charge on any atom is 0.238 e.